The van der Waals surface area contributed by atoms with Crippen LogP contribution >= 0.6 is 15.6 Å². The van der Waals surface area contributed by atoms with Crippen LogP contribution < -0.4 is 0 Å². The van der Waals surface area contributed by atoms with E-state index in [0.717, 1.165) is 77.0 Å². The summed E-state index contributed by atoms with van der Waals surface area (Å²) in [5, 5.41) is 41.1. The molecule has 0 aromatic rings. The standard InChI is InChI=1S/C40H76O17P2/c1-3-5-6-7-8-9-10-11-12-13-18-21-24-28-34(43)55-32(29-53-33(42)27-23-20-17-15-14-16-19-22-26-31(41)25-4-2)30-54-59(51,52)57-40-37(46)35(44)36(45)39(38(40)47)56-58(48,49)50/h32,35-40,44-47H,3-30H2,1-2H3,(H,51,52)(H2,48,49,50)/t32-,35-,36?,37-,38?,39+,40?/m1/s1. The van der Waals surface area contributed by atoms with E-state index in [9.17, 15) is 48.8 Å². The number of hydrogen-bond acceptors (Lipinski definition) is 14. The van der Waals surface area contributed by atoms with E-state index in [2.05, 4.69) is 11.4 Å². The van der Waals surface area contributed by atoms with Crippen molar-refractivity contribution < 1.29 is 81.7 Å². The van der Waals surface area contributed by atoms with Gasteiger partial charge in [0.2, 0.25) is 0 Å². The highest BCUT2D eigenvalue weighted by Crippen LogP contribution is 2.49. The second kappa shape index (κ2) is 32.4. The largest absolute Gasteiger partial charge is 0.472 e. The van der Waals surface area contributed by atoms with Crippen molar-refractivity contribution in [3.8, 4) is 0 Å². The van der Waals surface area contributed by atoms with E-state index >= 15 is 0 Å². The predicted octanol–water partition coefficient (Wildman–Crippen LogP) is 6.63. The van der Waals surface area contributed by atoms with E-state index < -0.39 is 83.5 Å². The lowest BCUT2D eigenvalue weighted by Crippen LogP contribution is -2.64. The Labute approximate surface area is 351 Å². The Morgan fingerprint density at radius 3 is 1.37 bits per heavy atom. The third-order valence-electron chi connectivity index (χ3n) is 10.3. The van der Waals surface area contributed by atoms with E-state index in [4.69, 9.17) is 28.3 Å². The molecule has 4 unspecified atom stereocenters. The van der Waals surface area contributed by atoms with Gasteiger partial charge in [0.1, 0.15) is 49.0 Å². The van der Waals surface area contributed by atoms with Crippen LogP contribution in [-0.2, 0) is 46.6 Å². The highest BCUT2D eigenvalue weighted by Gasteiger charge is 2.54. The van der Waals surface area contributed by atoms with E-state index in [0.29, 0.717) is 31.5 Å². The van der Waals surface area contributed by atoms with Crippen molar-refractivity contribution in [3.05, 3.63) is 0 Å². The molecule has 1 aliphatic carbocycles. The van der Waals surface area contributed by atoms with Gasteiger partial charge in [0.15, 0.2) is 6.10 Å². The fourth-order valence-corrected chi connectivity index (χ4v) is 8.45. The van der Waals surface area contributed by atoms with E-state index in [1.54, 1.807) is 0 Å². The van der Waals surface area contributed by atoms with Crippen molar-refractivity contribution in [1.29, 1.82) is 0 Å². The number of unbranched alkanes of at least 4 members (excludes halogenated alkanes) is 19. The second-order valence-corrected chi connectivity index (χ2v) is 18.4. The van der Waals surface area contributed by atoms with Gasteiger partial charge in [-0.25, -0.2) is 9.13 Å². The van der Waals surface area contributed by atoms with Gasteiger partial charge in [-0.05, 0) is 25.7 Å². The number of carbonyl (C=O) groups is 3. The molecule has 8 atom stereocenters. The molecule has 1 aliphatic rings. The molecule has 0 aromatic heterocycles. The number of aliphatic hydroxyl groups excluding tert-OH is 4. The Morgan fingerprint density at radius 2 is 0.915 bits per heavy atom. The van der Waals surface area contributed by atoms with Crippen molar-refractivity contribution in [3.63, 3.8) is 0 Å². The molecule has 0 amide bonds. The lowest BCUT2D eigenvalue weighted by molar-refractivity contribution is -0.216. The minimum atomic E-state index is -5.36. The molecule has 1 fully saturated rings. The maximum Gasteiger partial charge on any atom is 0.472 e. The number of aliphatic hydroxyl groups is 4. The molecule has 0 saturated heterocycles. The monoisotopic (exact) mass is 890 g/mol. The first kappa shape index (κ1) is 55.7. The van der Waals surface area contributed by atoms with Crippen molar-refractivity contribution in [2.45, 2.75) is 224 Å². The molecule has 0 heterocycles. The molecular formula is C40H76O17P2. The van der Waals surface area contributed by atoms with Crippen LogP contribution in [0.2, 0.25) is 0 Å². The molecule has 0 bridgehead atoms. The molecule has 59 heavy (non-hydrogen) atoms. The van der Waals surface area contributed by atoms with Crippen LogP contribution in [0.25, 0.3) is 0 Å². The number of phosphoric ester groups is 2. The molecule has 348 valence electrons. The molecule has 0 radical (unpaired) electrons. The highest BCUT2D eigenvalue weighted by molar-refractivity contribution is 7.47. The molecule has 0 spiro atoms. The zero-order valence-corrected chi connectivity index (χ0v) is 37.2. The van der Waals surface area contributed by atoms with Crippen LogP contribution in [0.1, 0.15) is 181 Å². The normalized spacial score (nSPS) is 22.5. The number of hydrogen-bond donors (Lipinski definition) is 7. The maximum atomic E-state index is 12.9. The number of phosphoric acid groups is 2. The quantitative estimate of drug-likeness (QED) is 0.0196. The van der Waals surface area contributed by atoms with Crippen LogP contribution in [0.5, 0.6) is 0 Å². The minimum Gasteiger partial charge on any atom is -0.462 e. The smallest absolute Gasteiger partial charge is 0.462 e. The number of carbonyl (C=O) groups excluding carboxylic acids is 3. The van der Waals surface area contributed by atoms with Crippen molar-refractivity contribution >= 4 is 33.4 Å². The van der Waals surface area contributed by atoms with E-state index in [1.165, 1.54) is 51.4 Å². The molecule has 19 heteroatoms. The summed E-state index contributed by atoms with van der Waals surface area (Å²) in [6.45, 7) is 2.84. The van der Waals surface area contributed by atoms with E-state index in [1.807, 2.05) is 6.92 Å². The predicted molar refractivity (Wildman–Crippen MR) is 219 cm³/mol. The summed E-state index contributed by atoms with van der Waals surface area (Å²) in [6.07, 6.45) is 9.26. The van der Waals surface area contributed by atoms with Gasteiger partial charge < -0.3 is 44.6 Å². The Bertz CT molecular complexity index is 1230. The zero-order valence-electron chi connectivity index (χ0n) is 35.4. The lowest BCUT2D eigenvalue weighted by atomic mass is 9.85. The van der Waals surface area contributed by atoms with Crippen molar-refractivity contribution in [2.24, 2.45) is 0 Å². The minimum absolute atomic E-state index is 0.0358. The van der Waals surface area contributed by atoms with Crippen LogP contribution in [0, 0.1) is 0 Å². The Kier molecular flexibility index (Phi) is 30.5. The fourth-order valence-electron chi connectivity index (χ4n) is 6.91. The van der Waals surface area contributed by atoms with Gasteiger partial charge in [-0.2, -0.15) is 0 Å². The van der Waals surface area contributed by atoms with Gasteiger partial charge in [0.25, 0.3) is 0 Å². The summed E-state index contributed by atoms with van der Waals surface area (Å²) in [5.74, 6) is -0.927. The van der Waals surface area contributed by atoms with Crippen molar-refractivity contribution in [1.82, 2.24) is 0 Å². The Balaban J connectivity index is 2.63. The summed E-state index contributed by atoms with van der Waals surface area (Å²) < 4.78 is 49.2. The molecule has 7 N–H and O–H groups in total. The average molecular weight is 891 g/mol. The molecule has 0 aliphatic heterocycles. The second-order valence-electron chi connectivity index (χ2n) is 15.8. The van der Waals surface area contributed by atoms with Gasteiger partial charge in [-0.1, -0.05) is 129 Å². The Hall–Kier alpha value is -1.33. The first-order chi connectivity index (χ1) is 28.0. The maximum absolute atomic E-state index is 12.9. The lowest BCUT2D eigenvalue weighted by Gasteiger charge is -2.43. The molecule has 0 aromatic carbocycles. The Morgan fingerprint density at radius 1 is 0.492 bits per heavy atom. The summed E-state index contributed by atoms with van der Waals surface area (Å²) in [7, 11) is -10.7. The molecule has 1 rings (SSSR count). The van der Waals surface area contributed by atoms with Gasteiger partial charge in [0, 0.05) is 25.7 Å². The number of ether oxygens (including phenoxy) is 2. The fraction of sp³-hybridized carbons (Fsp3) is 0.925. The number of rotatable bonds is 37. The van der Waals surface area contributed by atoms with Crippen LogP contribution in [0.4, 0.5) is 0 Å². The van der Waals surface area contributed by atoms with Crippen LogP contribution in [0.3, 0.4) is 0 Å². The summed E-state index contributed by atoms with van der Waals surface area (Å²) >= 11 is 0. The number of esters is 2. The first-order valence-electron chi connectivity index (χ1n) is 22.0. The average Bonchev–Trinajstić information content (AvgIpc) is 3.17. The third-order valence-corrected chi connectivity index (χ3v) is 11.8. The van der Waals surface area contributed by atoms with Crippen LogP contribution in [0.15, 0.2) is 0 Å². The van der Waals surface area contributed by atoms with Gasteiger partial charge in [-0.3, -0.25) is 28.0 Å². The SMILES string of the molecule is CCCCCCCCCCCCCCCC(=O)O[C@H](COC(=O)CCCCCCCCCCC(=O)CCC)COP(=O)(O)OC1C(O)[C@@H](OP(=O)(O)O)C(O)[C@@H](O)[C@H]1O. The first-order valence-corrected chi connectivity index (χ1v) is 25.0. The van der Waals surface area contributed by atoms with E-state index in [-0.39, 0.29) is 12.8 Å². The highest BCUT2D eigenvalue weighted by atomic mass is 31.2. The summed E-state index contributed by atoms with van der Waals surface area (Å²) in [5.41, 5.74) is 0. The molecule has 1 saturated carbocycles. The zero-order chi connectivity index (χ0) is 44.1. The van der Waals surface area contributed by atoms with Gasteiger partial charge in [0.05, 0.1) is 6.61 Å². The summed E-state index contributed by atoms with van der Waals surface area (Å²) in [6, 6.07) is 0. The summed E-state index contributed by atoms with van der Waals surface area (Å²) in [4.78, 5) is 65.7. The molecule has 17 nitrogen and oxygen atoms in total. The number of ketones is 1. The van der Waals surface area contributed by atoms with Crippen molar-refractivity contribution in [2.75, 3.05) is 13.2 Å². The van der Waals surface area contributed by atoms with Gasteiger partial charge in [-0.15, -0.1) is 0 Å². The topological polar surface area (TPSA) is 273 Å². The molecular weight excluding hydrogens is 814 g/mol. The third kappa shape index (κ3) is 27.4. The van der Waals surface area contributed by atoms with Crippen LogP contribution in [-0.4, -0.2) is 109 Å². The van der Waals surface area contributed by atoms with Gasteiger partial charge >= 0.3 is 27.6 Å². The number of Topliss-reactive ketones (excluding diaryl/α,β-unsaturated/α-hetero) is 1.